The maximum atomic E-state index is 13.3. The number of amides is 1. The van der Waals surface area contributed by atoms with Crippen LogP contribution in [0, 0.1) is 0 Å². The second kappa shape index (κ2) is 14.6. The van der Waals surface area contributed by atoms with E-state index in [0.717, 1.165) is 84.0 Å². The average molecular weight is 532 g/mol. The first-order valence-electron chi connectivity index (χ1n) is 14.9. The number of carbonyl (C=O) groups is 1. The van der Waals surface area contributed by atoms with Crippen LogP contribution in [0.15, 0.2) is 30.3 Å². The summed E-state index contributed by atoms with van der Waals surface area (Å²) in [5.41, 5.74) is 0.680. The lowest BCUT2D eigenvalue weighted by molar-refractivity contribution is -0.163. The molecule has 1 aliphatic heterocycles. The summed E-state index contributed by atoms with van der Waals surface area (Å²) in [4.78, 5) is 15.3. The summed E-state index contributed by atoms with van der Waals surface area (Å²) in [5, 5.41) is 0. The third-order valence-electron chi connectivity index (χ3n) is 7.77. The molecule has 3 fully saturated rings. The molecule has 2 saturated carbocycles. The fourth-order valence-electron chi connectivity index (χ4n) is 5.60. The quantitative estimate of drug-likeness (QED) is 0.282. The van der Waals surface area contributed by atoms with E-state index >= 15 is 0 Å². The highest BCUT2D eigenvalue weighted by Gasteiger charge is 2.42. The van der Waals surface area contributed by atoms with Crippen LogP contribution in [-0.4, -0.2) is 67.0 Å². The minimum absolute atomic E-state index is 0.00534. The monoisotopic (exact) mass is 531 g/mol. The van der Waals surface area contributed by atoms with Crippen LogP contribution < -0.4 is 0 Å². The Morgan fingerprint density at radius 1 is 0.868 bits per heavy atom. The zero-order chi connectivity index (χ0) is 26.8. The molecule has 1 saturated heterocycles. The highest BCUT2D eigenvalue weighted by molar-refractivity contribution is 5.69. The summed E-state index contributed by atoms with van der Waals surface area (Å²) < 4.78 is 29.6. The molecule has 2 aliphatic carbocycles. The van der Waals surface area contributed by atoms with Crippen molar-refractivity contribution in [1.29, 1.82) is 0 Å². The molecule has 1 heterocycles. The van der Waals surface area contributed by atoms with E-state index in [0.29, 0.717) is 6.61 Å². The molecule has 7 heteroatoms. The van der Waals surface area contributed by atoms with Crippen LogP contribution >= 0.6 is 0 Å². The highest BCUT2D eigenvalue weighted by Crippen LogP contribution is 2.36. The van der Waals surface area contributed by atoms with E-state index < -0.39 is 5.60 Å². The number of ether oxygens (including phenoxy) is 5. The number of carbonyl (C=O) groups excluding carboxylic acids is 1. The van der Waals surface area contributed by atoms with Gasteiger partial charge >= 0.3 is 6.09 Å². The first kappa shape index (κ1) is 29.3. The van der Waals surface area contributed by atoms with Crippen LogP contribution in [0.5, 0.6) is 0 Å². The van der Waals surface area contributed by atoms with E-state index in [-0.39, 0.29) is 36.7 Å². The largest absolute Gasteiger partial charge is 0.444 e. The Kier molecular flexibility index (Phi) is 11.3. The fraction of sp³-hybridized carbons (Fsp3) is 0.774. The standard InChI is InChI=1S/C31H49NO6/c1-31(2,3)38-30(33)32(26-21-28(22-26)37-23-24-11-5-4-6-12-24)25-14-16-27(17-15-25)34-18-9-10-20-36-29-13-7-8-19-35-29/h4-6,11-12,25-29H,7-10,13-23H2,1-3H3/t25?,26-,27?,28+,29?. The maximum Gasteiger partial charge on any atom is 0.410 e. The zero-order valence-electron chi connectivity index (χ0n) is 23.8. The van der Waals surface area contributed by atoms with Crippen molar-refractivity contribution in [1.82, 2.24) is 4.90 Å². The van der Waals surface area contributed by atoms with E-state index in [1.165, 1.54) is 12.0 Å². The number of rotatable bonds is 12. The van der Waals surface area contributed by atoms with Gasteiger partial charge in [-0.2, -0.15) is 0 Å². The summed E-state index contributed by atoms with van der Waals surface area (Å²) in [7, 11) is 0. The number of hydrogen-bond acceptors (Lipinski definition) is 6. The van der Waals surface area contributed by atoms with Gasteiger partial charge in [0.1, 0.15) is 5.60 Å². The van der Waals surface area contributed by atoms with Crippen LogP contribution in [0.25, 0.3) is 0 Å². The van der Waals surface area contributed by atoms with Gasteiger partial charge in [-0.15, -0.1) is 0 Å². The molecule has 0 aromatic heterocycles. The Hall–Kier alpha value is -1.67. The lowest BCUT2D eigenvalue weighted by atomic mass is 9.84. The molecular weight excluding hydrogens is 482 g/mol. The molecule has 38 heavy (non-hydrogen) atoms. The number of hydrogen-bond donors (Lipinski definition) is 0. The molecule has 1 amide bonds. The summed E-state index contributed by atoms with van der Waals surface area (Å²) >= 11 is 0. The first-order chi connectivity index (χ1) is 18.4. The predicted octanol–water partition coefficient (Wildman–Crippen LogP) is 6.62. The molecule has 4 rings (SSSR count). The van der Waals surface area contributed by atoms with Gasteiger partial charge in [-0.05, 0) is 97.0 Å². The molecule has 0 spiro atoms. The Morgan fingerprint density at radius 2 is 1.58 bits per heavy atom. The van der Waals surface area contributed by atoms with E-state index in [1.807, 2.05) is 43.9 Å². The van der Waals surface area contributed by atoms with Crippen molar-refractivity contribution in [2.24, 2.45) is 0 Å². The molecule has 3 aliphatic rings. The average Bonchev–Trinajstić information content (AvgIpc) is 2.88. The molecule has 0 bridgehead atoms. The molecule has 1 aromatic rings. The zero-order valence-corrected chi connectivity index (χ0v) is 23.8. The van der Waals surface area contributed by atoms with Crippen LogP contribution in [0.3, 0.4) is 0 Å². The first-order valence-corrected chi connectivity index (χ1v) is 14.9. The van der Waals surface area contributed by atoms with Gasteiger partial charge in [0.25, 0.3) is 0 Å². The van der Waals surface area contributed by atoms with Crippen molar-refractivity contribution in [3.63, 3.8) is 0 Å². The van der Waals surface area contributed by atoms with E-state index in [1.54, 1.807) is 0 Å². The Morgan fingerprint density at radius 3 is 2.24 bits per heavy atom. The molecule has 7 nitrogen and oxygen atoms in total. The van der Waals surface area contributed by atoms with Crippen molar-refractivity contribution in [3.05, 3.63) is 35.9 Å². The van der Waals surface area contributed by atoms with Gasteiger partial charge in [-0.25, -0.2) is 4.79 Å². The van der Waals surface area contributed by atoms with Crippen LogP contribution in [0.1, 0.15) is 97.0 Å². The van der Waals surface area contributed by atoms with Crippen LogP contribution in [0.2, 0.25) is 0 Å². The molecule has 0 radical (unpaired) electrons. The van der Waals surface area contributed by atoms with E-state index in [2.05, 4.69) is 12.1 Å². The highest BCUT2D eigenvalue weighted by atomic mass is 16.7. The van der Waals surface area contributed by atoms with Gasteiger partial charge < -0.3 is 28.6 Å². The minimum Gasteiger partial charge on any atom is -0.444 e. The van der Waals surface area contributed by atoms with E-state index in [4.69, 9.17) is 23.7 Å². The Balaban J connectivity index is 1.16. The van der Waals surface area contributed by atoms with E-state index in [9.17, 15) is 4.79 Å². The van der Waals surface area contributed by atoms with Gasteiger partial charge in [0, 0.05) is 31.9 Å². The molecule has 1 aromatic carbocycles. The van der Waals surface area contributed by atoms with Crippen molar-refractivity contribution in [2.75, 3.05) is 19.8 Å². The number of benzene rings is 1. The summed E-state index contributed by atoms with van der Waals surface area (Å²) in [6.45, 7) is 8.76. The Labute approximate surface area is 229 Å². The predicted molar refractivity (Wildman–Crippen MR) is 147 cm³/mol. The third kappa shape index (κ3) is 9.51. The molecule has 1 atom stereocenters. The fourth-order valence-corrected chi connectivity index (χ4v) is 5.60. The minimum atomic E-state index is -0.505. The second-order valence-electron chi connectivity index (χ2n) is 12.1. The summed E-state index contributed by atoms with van der Waals surface area (Å²) in [6.07, 6.45) is 11.3. The number of nitrogens with zero attached hydrogens (tertiary/aromatic N) is 1. The lowest BCUT2D eigenvalue weighted by Crippen LogP contribution is -2.56. The van der Waals surface area contributed by atoms with Crippen LogP contribution in [-0.2, 0) is 30.3 Å². The summed E-state index contributed by atoms with van der Waals surface area (Å²) in [5.74, 6) is 0. The topological polar surface area (TPSA) is 66.5 Å². The van der Waals surface area contributed by atoms with Gasteiger partial charge in [0.2, 0.25) is 0 Å². The SMILES string of the molecule is CC(C)(C)OC(=O)N(C1CCC(OCCCCOC2CCCCO2)CC1)[C@H]1C[C@@H](OCc2ccccc2)C1. The van der Waals surface area contributed by atoms with Gasteiger partial charge in [0.05, 0.1) is 18.8 Å². The second-order valence-corrected chi connectivity index (χ2v) is 12.1. The van der Waals surface area contributed by atoms with Crippen molar-refractivity contribution in [2.45, 2.75) is 134 Å². The molecule has 214 valence electrons. The van der Waals surface area contributed by atoms with Gasteiger partial charge in [-0.1, -0.05) is 30.3 Å². The van der Waals surface area contributed by atoms with Crippen LogP contribution in [0.4, 0.5) is 4.79 Å². The smallest absolute Gasteiger partial charge is 0.410 e. The number of unbranched alkanes of at least 4 members (excludes halogenated alkanes) is 1. The Bertz CT molecular complexity index is 807. The van der Waals surface area contributed by atoms with Gasteiger partial charge in [-0.3, -0.25) is 0 Å². The van der Waals surface area contributed by atoms with Gasteiger partial charge in [0.15, 0.2) is 6.29 Å². The maximum absolute atomic E-state index is 13.3. The molecule has 1 unspecified atom stereocenters. The molecular formula is C31H49NO6. The third-order valence-corrected chi connectivity index (χ3v) is 7.77. The summed E-state index contributed by atoms with van der Waals surface area (Å²) in [6, 6.07) is 10.7. The normalized spacial score (nSPS) is 27.9. The van der Waals surface area contributed by atoms with Crippen molar-refractivity contribution < 1.29 is 28.5 Å². The van der Waals surface area contributed by atoms with Crippen molar-refractivity contribution >= 4 is 6.09 Å². The van der Waals surface area contributed by atoms with Crippen molar-refractivity contribution in [3.8, 4) is 0 Å². The lowest BCUT2D eigenvalue weighted by Gasteiger charge is -2.47. The molecule has 0 N–H and O–H groups in total.